The maximum atomic E-state index is 3.65. The summed E-state index contributed by atoms with van der Waals surface area (Å²) >= 11 is 0. The van der Waals surface area contributed by atoms with Crippen molar-refractivity contribution in [2.45, 2.75) is 40.0 Å². The van der Waals surface area contributed by atoms with Crippen LogP contribution in [0.1, 0.15) is 50.3 Å². The molecule has 7 rings (SSSR count). The molecular weight excluding hydrogens is 508 g/mol. The highest BCUT2D eigenvalue weighted by Gasteiger charge is 2.29. The lowest BCUT2D eigenvalue weighted by Crippen LogP contribution is -2.20. The number of aryl methyl sites for hydroxylation is 1. The predicted molar refractivity (Wildman–Crippen MR) is 182 cm³/mol. The molecule has 2 nitrogen and oxygen atoms in total. The zero-order valence-corrected chi connectivity index (χ0v) is 24.9. The van der Waals surface area contributed by atoms with E-state index in [9.17, 15) is 0 Å². The lowest BCUT2D eigenvalue weighted by Gasteiger charge is -2.37. The van der Waals surface area contributed by atoms with Gasteiger partial charge in [-0.1, -0.05) is 113 Å². The number of aromatic nitrogens is 1. The first-order valence-corrected chi connectivity index (χ1v) is 15.2. The summed E-state index contributed by atoms with van der Waals surface area (Å²) in [5.41, 5.74) is 12.5. The number of nitrogens with one attached hydrogen (secondary N) is 1. The van der Waals surface area contributed by atoms with Gasteiger partial charge in [-0.3, -0.25) is 0 Å². The minimum absolute atomic E-state index is 0.301. The van der Waals surface area contributed by atoms with Crippen molar-refractivity contribution in [1.82, 2.24) is 4.98 Å². The first kappa shape index (κ1) is 27.4. The van der Waals surface area contributed by atoms with Crippen molar-refractivity contribution >= 4 is 38.9 Å². The number of rotatable bonds is 3. The summed E-state index contributed by atoms with van der Waals surface area (Å²) in [6.07, 6.45) is 1.01. The van der Waals surface area contributed by atoms with Crippen molar-refractivity contribution in [3.05, 3.63) is 150 Å². The Morgan fingerprint density at radius 2 is 1.19 bits per heavy atom. The molecule has 2 heteroatoms. The summed E-state index contributed by atoms with van der Waals surface area (Å²) in [4.78, 5) is 6.06. The fraction of sp³-hybridized carbons (Fsp3) is 0.150. The van der Waals surface area contributed by atoms with Gasteiger partial charge in [-0.15, -0.1) is 0 Å². The highest BCUT2D eigenvalue weighted by atomic mass is 15.2. The lowest BCUT2D eigenvalue weighted by atomic mass is 9.84. The third-order valence-electron chi connectivity index (χ3n) is 8.26. The summed E-state index contributed by atoms with van der Waals surface area (Å²) in [5, 5.41) is 2.47. The van der Waals surface area contributed by atoms with E-state index in [-0.39, 0.29) is 0 Å². The average molecular weight is 547 g/mol. The van der Waals surface area contributed by atoms with Crippen LogP contribution in [0.5, 0.6) is 0 Å². The molecule has 0 radical (unpaired) electrons. The Morgan fingerprint density at radius 3 is 2.00 bits per heavy atom. The molecule has 42 heavy (non-hydrogen) atoms. The molecule has 1 aromatic heterocycles. The van der Waals surface area contributed by atoms with Crippen molar-refractivity contribution in [3.63, 3.8) is 0 Å². The molecule has 1 aliphatic rings. The van der Waals surface area contributed by atoms with E-state index < -0.39 is 0 Å². The summed E-state index contributed by atoms with van der Waals surface area (Å²) in [5.74, 6) is 0.301. The third kappa shape index (κ3) is 4.94. The fourth-order valence-electron chi connectivity index (χ4n) is 6.10. The lowest BCUT2D eigenvalue weighted by molar-refractivity contribution is 0.892. The monoisotopic (exact) mass is 546 g/mol. The number of H-pyrrole nitrogens is 1. The molecule has 2 heterocycles. The third-order valence-corrected chi connectivity index (χ3v) is 8.26. The molecule has 1 aliphatic heterocycles. The van der Waals surface area contributed by atoms with Gasteiger partial charge in [0.25, 0.3) is 0 Å². The second-order valence-corrected chi connectivity index (χ2v) is 10.6. The van der Waals surface area contributed by atoms with Crippen LogP contribution < -0.4 is 4.90 Å². The van der Waals surface area contributed by atoms with E-state index in [2.05, 4.69) is 157 Å². The zero-order chi connectivity index (χ0) is 29.1. The van der Waals surface area contributed by atoms with Gasteiger partial charge in [-0.05, 0) is 82.8 Å². The number of benzene rings is 4. The minimum Gasteiger partial charge on any atom is -0.355 e. The Labute approximate surface area is 249 Å². The van der Waals surface area contributed by atoms with Gasteiger partial charge in [0.15, 0.2) is 0 Å². The van der Waals surface area contributed by atoms with Gasteiger partial charge in [0.1, 0.15) is 0 Å². The molecule has 0 bridgehead atoms. The number of anilines is 3. The van der Waals surface area contributed by atoms with Crippen LogP contribution in [0.2, 0.25) is 0 Å². The summed E-state index contributed by atoms with van der Waals surface area (Å²) in [7, 11) is 0. The molecule has 0 spiro atoms. The largest absolute Gasteiger partial charge is 0.355 e. The van der Waals surface area contributed by atoms with Crippen LogP contribution in [0.4, 0.5) is 17.1 Å². The van der Waals surface area contributed by atoms with Gasteiger partial charge in [-0.2, -0.15) is 0 Å². The van der Waals surface area contributed by atoms with E-state index in [1.807, 2.05) is 13.8 Å². The van der Waals surface area contributed by atoms with E-state index in [0.29, 0.717) is 5.92 Å². The summed E-state index contributed by atoms with van der Waals surface area (Å²) < 4.78 is 0. The highest BCUT2D eigenvalue weighted by molar-refractivity contribution is 6.08. The van der Waals surface area contributed by atoms with Gasteiger partial charge in [-0.25, -0.2) is 0 Å². The van der Waals surface area contributed by atoms with Crippen molar-refractivity contribution in [2.24, 2.45) is 0 Å². The predicted octanol–water partition coefficient (Wildman–Crippen LogP) is 11.6. The van der Waals surface area contributed by atoms with Crippen LogP contribution in [0.3, 0.4) is 0 Å². The number of hydrogen-bond donors (Lipinski definition) is 1. The Hall–Kier alpha value is -4.82. The minimum atomic E-state index is 0.301. The molecule has 6 aromatic rings. The maximum absolute atomic E-state index is 3.65. The molecule has 1 unspecified atom stereocenters. The van der Waals surface area contributed by atoms with Crippen molar-refractivity contribution < 1.29 is 0 Å². The van der Waals surface area contributed by atoms with E-state index in [4.69, 9.17) is 0 Å². The molecule has 208 valence electrons. The van der Waals surface area contributed by atoms with Crippen LogP contribution in [0.25, 0.3) is 32.9 Å². The number of fused-ring (bicyclic) bond motifs is 5. The van der Waals surface area contributed by atoms with Crippen LogP contribution in [0.15, 0.2) is 133 Å². The average Bonchev–Trinajstić information content (AvgIpc) is 3.41. The Bertz CT molecular complexity index is 1910. The molecule has 0 saturated carbocycles. The van der Waals surface area contributed by atoms with E-state index in [1.54, 1.807) is 0 Å². The van der Waals surface area contributed by atoms with Crippen molar-refractivity contribution in [3.8, 4) is 11.1 Å². The highest BCUT2D eigenvalue weighted by Crippen LogP contribution is 2.49. The smallest absolute Gasteiger partial charge is 0.0500 e. The van der Waals surface area contributed by atoms with E-state index >= 15 is 0 Å². The van der Waals surface area contributed by atoms with Gasteiger partial charge in [0, 0.05) is 44.8 Å². The number of nitrogens with zero attached hydrogens (tertiary/aromatic N) is 1. The van der Waals surface area contributed by atoms with E-state index in [0.717, 1.165) is 17.5 Å². The number of aromatic amines is 1. The number of para-hydroxylation sites is 2. The van der Waals surface area contributed by atoms with Gasteiger partial charge in [0.2, 0.25) is 0 Å². The second-order valence-electron chi connectivity index (χ2n) is 10.6. The molecule has 0 fully saturated rings. The standard InChI is InChI=1S/C38H32N2.C2H6/c1-3-27-12-6-4-9-16-32-34-25-28(19-22-36(34)39-35(32)21-18-27)29-20-23-38-33(24-29)26(2)31-15-10-11-17-37(31)40(38)30-13-7-5-8-14-30;1-2/h4-26,39H,3H2,1-2H3;1-2H3. The van der Waals surface area contributed by atoms with Gasteiger partial charge >= 0.3 is 0 Å². The molecule has 5 aromatic carbocycles. The van der Waals surface area contributed by atoms with Crippen LogP contribution in [-0.2, 0) is 6.42 Å². The Morgan fingerprint density at radius 1 is 0.571 bits per heavy atom. The van der Waals surface area contributed by atoms with Crippen LogP contribution in [-0.4, -0.2) is 4.98 Å². The second kappa shape index (κ2) is 12.0. The topological polar surface area (TPSA) is 19.0 Å². The Balaban J connectivity index is 0.00000155. The molecule has 0 saturated heterocycles. The summed E-state index contributed by atoms with van der Waals surface area (Å²) in [6, 6.07) is 48.5. The van der Waals surface area contributed by atoms with Gasteiger partial charge in [0.05, 0.1) is 0 Å². The Kier molecular flexibility index (Phi) is 7.79. The molecular formula is C40H38N2. The maximum Gasteiger partial charge on any atom is 0.0500 e. The molecule has 0 amide bonds. The van der Waals surface area contributed by atoms with E-state index in [1.165, 1.54) is 55.7 Å². The molecule has 0 aliphatic carbocycles. The first-order chi connectivity index (χ1) is 20.7. The molecule has 1 N–H and O–H groups in total. The normalized spacial score (nSPS) is 13.5. The molecule has 1 atom stereocenters. The van der Waals surface area contributed by atoms with Crippen LogP contribution in [0, 0.1) is 0 Å². The quantitative estimate of drug-likeness (QED) is 0.234. The first-order valence-electron chi connectivity index (χ1n) is 15.2. The SMILES string of the molecule is CC.CCc1cccccc2c(cc1)[nH]c1ccc(-c3ccc4c(c3)C(C)c3ccccc3N4c3ccccc3)cc12. The van der Waals surface area contributed by atoms with Crippen molar-refractivity contribution in [2.75, 3.05) is 4.90 Å². The van der Waals surface area contributed by atoms with Crippen LogP contribution >= 0.6 is 0 Å². The zero-order valence-electron chi connectivity index (χ0n) is 24.9. The van der Waals surface area contributed by atoms with Gasteiger partial charge < -0.3 is 9.88 Å². The fourth-order valence-corrected chi connectivity index (χ4v) is 6.10. The van der Waals surface area contributed by atoms with Crippen molar-refractivity contribution in [1.29, 1.82) is 0 Å². The number of hydrogen-bond acceptors (Lipinski definition) is 1. The summed E-state index contributed by atoms with van der Waals surface area (Å²) in [6.45, 7) is 8.53.